The number of hydrogen-bond acceptors (Lipinski definition) is 2. The zero-order chi connectivity index (χ0) is 17.3. The van der Waals surface area contributed by atoms with Crippen LogP contribution in [0, 0.1) is 5.82 Å². The highest BCUT2D eigenvalue weighted by Gasteiger charge is 2.30. The molecule has 0 aliphatic rings. The molecule has 3 rings (SSSR count). The lowest BCUT2D eigenvalue weighted by Gasteiger charge is -2.09. The van der Waals surface area contributed by atoms with Crippen molar-refractivity contribution in [3.63, 3.8) is 0 Å². The number of H-pyrrole nitrogens is 1. The summed E-state index contributed by atoms with van der Waals surface area (Å²) < 4.78 is 51.7. The number of alkyl halides is 3. The Morgan fingerprint density at radius 2 is 1.83 bits per heavy atom. The quantitative estimate of drug-likeness (QED) is 0.649. The molecule has 2 aromatic carbocycles. The molecule has 0 amide bonds. The molecule has 0 unspecified atom stereocenters. The molecule has 0 aliphatic carbocycles. The van der Waals surface area contributed by atoms with Crippen LogP contribution < -0.4 is 5.73 Å². The third kappa shape index (κ3) is 3.42. The van der Waals surface area contributed by atoms with E-state index in [1.165, 1.54) is 30.0 Å². The molecule has 3 N–H and O–H groups in total. The maximum absolute atomic E-state index is 13.4. The molecule has 0 atom stereocenters. The summed E-state index contributed by atoms with van der Waals surface area (Å²) in [7, 11) is 0. The first-order valence-corrected chi connectivity index (χ1v) is 8.05. The van der Waals surface area contributed by atoms with E-state index in [1.807, 2.05) is 0 Å². The number of halogens is 4. The third-order valence-corrected chi connectivity index (χ3v) is 4.80. The maximum atomic E-state index is 13.4. The third-order valence-electron chi connectivity index (χ3n) is 3.63. The molecular weight excluding hydrogens is 340 g/mol. The van der Waals surface area contributed by atoms with Crippen LogP contribution in [0.25, 0.3) is 10.9 Å². The summed E-state index contributed by atoms with van der Waals surface area (Å²) >= 11 is 1.38. The van der Waals surface area contributed by atoms with Crippen LogP contribution in [-0.2, 0) is 12.6 Å². The molecule has 0 spiro atoms. The van der Waals surface area contributed by atoms with Gasteiger partial charge < -0.3 is 10.7 Å². The first-order chi connectivity index (χ1) is 11.4. The molecule has 1 aromatic heterocycles. The van der Waals surface area contributed by atoms with E-state index in [9.17, 15) is 17.6 Å². The van der Waals surface area contributed by atoms with Crippen LogP contribution in [0.5, 0.6) is 0 Å². The fraction of sp³-hybridized carbons (Fsp3) is 0.176. The van der Waals surface area contributed by atoms with Gasteiger partial charge in [0.05, 0.1) is 5.56 Å². The molecule has 0 radical (unpaired) electrons. The second-order valence-corrected chi connectivity index (χ2v) is 6.39. The Morgan fingerprint density at radius 1 is 1.04 bits per heavy atom. The Kier molecular flexibility index (Phi) is 4.56. The number of aromatic amines is 1. The second kappa shape index (κ2) is 6.49. The Bertz CT molecular complexity index is 871. The van der Waals surface area contributed by atoms with E-state index in [1.54, 1.807) is 12.3 Å². The maximum Gasteiger partial charge on any atom is 0.416 e. The topological polar surface area (TPSA) is 41.8 Å². The molecule has 7 heteroatoms. The van der Waals surface area contributed by atoms with E-state index < -0.39 is 11.7 Å². The van der Waals surface area contributed by atoms with Crippen molar-refractivity contribution in [2.45, 2.75) is 22.4 Å². The largest absolute Gasteiger partial charge is 0.416 e. The first kappa shape index (κ1) is 16.9. The SMILES string of the molecule is NCCc1cc(F)ccc1Sc1c[nH]c2cc(C(F)(F)F)ccc12. The average molecular weight is 354 g/mol. The van der Waals surface area contributed by atoms with E-state index in [0.29, 0.717) is 23.9 Å². The Balaban J connectivity index is 1.97. The van der Waals surface area contributed by atoms with Gasteiger partial charge in [0, 0.05) is 26.9 Å². The highest BCUT2D eigenvalue weighted by Crippen LogP contribution is 2.38. The zero-order valence-electron chi connectivity index (χ0n) is 12.5. The van der Waals surface area contributed by atoms with Gasteiger partial charge >= 0.3 is 6.18 Å². The molecule has 0 saturated carbocycles. The van der Waals surface area contributed by atoms with Gasteiger partial charge in [-0.3, -0.25) is 0 Å². The number of rotatable bonds is 4. The van der Waals surface area contributed by atoms with Crippen molar-refractivity contribution in [2.24, 2.45) is 5.73 Å². The van der Waals surface area contributed by atoms with Gasteiger partial charge in [0.15, 0.2) is 0 Å². The van der Waals surface area contributed by atoms with E-state index in [0.717, 1.165) is 27.5 Å². The molecule has 24 heavy (non-hydrogen) atoms. The Morgan fingerprint density at radius 3 is 2.54 bits per heavy atom. The van der Waals surface area contributed by atoms with Gasteiger partial charge in [-0.2, -0.15) is 13.2 Å². The van der Waals surface area contributed by atoms with E-state index in [-0.39, 0.29) is 5.82 Å². The summed E-state index contributed by atoms with van der Waals surface area (Å²) in [5.41, 5.74) is 6.05. The van der Waals surface area contributed by atoms with E-state index in [2.05, 4.69) is 4.98 Å². The molecule has 126 valence electrons. The lowest BCUT2D eigenvalue weighted by molar-refractivity contribution is -0.137. The lowest BCUT2D eigenvalue weighted by Crippen LogP contribution is -2.04. The minimum atomic E-state index is -4.38. The van der Waals surface area contributed by atoms with Crippen LogP contribution in [0.4, 0.5) is 17.6 Å². The first-order valence-electron chi connectivity index (χ1n) is 7.23. The minimum absolute atomic E-state index is 0.337. The van der Waals surface area contributed by atoms with Crippen LogP contribution in [0.2, 0.25) is 0 Å². The number of benzene rings is 2. The minimum Gasteiger partial charge on any atom is -0.360 e. The zero-order valence-corrected chi connectivity index (χ0v) is 13.3. The van der Waals surface area contributed by atoms with E-state index >= 15 is 0 Å². The molecule has 0 aliphatic heterocycles. The molecule has 0 fully saturated rings. The number of nitrogens with two attached hydrogens (primary N) is 1. The molecular formula is C17H14F4N2S. The Labute approximate surface area is 140 Å². The van der Waals surface area contributed by atoms with Crippen LogP contribution in [0.1, 0.15) is 11.1 Å². The van der Waals surface area contributed by atoms with Crippen LogP contribution in [0.3, 0.4) is 0 Å². The van der Waals surface area contributed by atoms with Crippen molar-refractivity contribution in [3.05, 3.63) is 59.5 Å². The van der Waals surface area contributed by atoms with Gasteiger partial charge in [-0.05, 0) is 48.9 Å². The van der Waals surface area contributed by atoms with E-state index in [4.69, 9.17) is 5.73 Å². The van der Waals surface area contributed by atoms with Gasteiger partial charge in [-0.25, -0.2) is 4.39 Å². The number of aromatic nitrogens is 1. The van der Waals surface area contributed by atoms with Gasteiger partial charge in [-0.15, -0.1) is 0 Å². The van der Waals surface area contributed by atoms with Crippen LogP contribution in [-0.4, -0.2) is 11.5 Å². The Hall–Kier alpha value is -1.99. The standard InChI is InChI=1S/C17H14F4N2S/c18-12-2-4-15(10(7-12)5-6-22)24-16-9-23-14-8-11(17(19,20)21)1-3-13(14)16/h1-4,7-9,23H,5-6,22H2. The van der Waals surface area contributed by atoms with Crippen LogP contribution in [0.15, 0.2) is 52.4 Å². The number of nitrogens with one attached hydrogen (secondary N) is 1. The fourth-order valence-electron chi connectivity index (χ4n) is 2.48. The van der Waals surface area contributed by atoms with Crippen molar-refractivity contribution >= 4 is 22.7 Å². The summed E-state index contributed by atoms with van der Waals surface area (Å²) in [4.78, 5) is 4.48. The van der Waals surface area contributed by atoms with Crippen LogP contribution >= 0.6 is 11.8 Å². The number of hydrogen-bond donors (Lipinski definition) is 2. The van der Waals surface area contributed by atoms with Crippen molar-refractivity contribution in [2.75, 3.05) is 6.54 Å². The van der Waals surface area contributed by atoms with Crippen molar-refractivity contribution in [3.8, 4) is 0 Å². The summed E-state index contributed by atoms with van der Waals surface area (Å²) in [6.45, 7) is 0.389. The summed E-state index contributed by atoms with van der Waals surface area (Å²) in [5.74, 6) is -0.337. The molecule has 3 aromatic rings. The van der Waals surface area contributed by atoms with Gasteiger partial charge in [-0.1, -0.05) is 17.8 Å². The summed E-state index contributed by atoms with van der Waals surface area (Å²) in [5, 5.41) is 0.691. The van der Waals surface area contributed by atoms with Crippen molar-refractivity contribution in [1.29, 1.82) is 0 Å². The molecule has 0 saturated heterocycles. The fourth-order valence-corrected chi connectivity index (χ4v) is 3.55. The highest BCUT2D eigenvalue weighted by atomic mass is 32.2. The highest BCUT2D eigenvalue weighted by molar-refractivity contribution is 7.99. The smallest absolute Gasteiger partial charge is 0.360 e. The lowest BCUT2D eigenvalue weighted by atomic mass is 10.1. The molecule has 2 nitrogen and oxygen atoms in total. The monoisotopic (exact) mass is 354 g/mol. The van der Waals surface area contributed by atoms with Gasteiger partial charge in [0.25, 0.3) is 0 Å². The summed E-state index contributed by atoms with van der Waals surface area (Å²) in [6, 6.07) is 8.05. The van der Waals surface area contributed by atoms with Crippen molar-refractivity contribution < 1.29 is 17.6 Å². The predicted molar refractivity (Wildman–Crippen MR) is 86.6 cm³/mol. The normalized spacial score (nSPS) is 12.0. The van der Waals surface area contributed by atoms with Gasteiger partial charge in [0.2, 0.25) is 0 Å². The molecule has 1 heterocycles. The summed E-state index contributed by atoms with van der Waals surface area (Å²) in [6.07, 6.45) is -2.19. The van der Waals surface area contributed by atoms with Crippen molar-refractivity contribution in [1.82, 2.24) is 4.98 Å². The van der Waals surface area contributed by atoms with Gasteiger partial charge in [0.1, 0.15) is 5.82 Å². The predicted octanol–water partition coefficient (Wildman–Crippen LogP) is 4.98. The average Bonchev–Trinajstić information content (AvgIpc) is 2.92. The number of fused-ring (bicyclic) bond motifs is 1. The molecule has 0 bridgehead atoms. The second-order valence-electron chi connectivity index (χ2n) is 5.30.